The van der Waals surface area contributed by atoms with Crippen molar-refractivity contribution in [1.82, 2.24) is 25.1 Å². The van der Waals surface area contributed by atoms with Crippen LogP contribution in [0.15, 0.2) is 0 Å². The van der Waals surface area contributed by atoms with Crippen LogP contribution in [0.4, 0.5) is 0 Å². The summed E-state index contributed by atoms with van der Waals surface area (Å²) in [6.07, 6.45) is 2.23. The molecular formula is C10H19N5O. The van der Waals surface area contributed by atoms with Crippen molar-refractivity contribution in [2.24, 2.45) is 7.05 Å². The first-order valence-corrected chi connectivity index (χ1v) is 5.68. The van der Waals surface area contributed by atoms with E-state index in [0.717, 1.165) is 25.9 Å². The van der Waals surface area contributed by atoms with Crippen LogP contribution in [0.1, 0.15) is 32.5 Å². The number of hydrogen-bond donors (Lipinski definition) is 0. The normalized spacial score (nSPS) is 10.4. The van der Waals surface area contributed by atoms with Gasteiger partial charge >= 0.3 is 0 Å². The van der Waals surface area contributed by atoms with Crippen LogP contribution in [-0.4, -0.2) is 44.1 Å². The van der Waals surface area contributed by atoms with Gasteiger partial charge in [-0.1, -0.05) is 13.8 Å². The minimum atomic E-state index is 0.0987. The summed E-state index contributed by atoms with van der Waals surface area (Å²) in [4.78, 5) is 13.8. The van der Waals surface area contributed by atoms with Crippen molar-refractivity contribution in [3.05, 3.63) is 5.82 Å². The van der Waals surface area contributed by atoms with Gasteiger partial charge in [0, 0.05) is 20.1 Å². The van der Waals surface area contributed by atoms with Crippen LogP contribution in [0.2, 0.25) is 0 Å². The van der Waals surface area contributed by atoms with Crippen molar-refractivity contribution in [1.29, 1.82) is 0 Å². The average molecular weight is 225 g/mol. The molecule has 0 aliphatic heterocycles. The van der Waals surface area contributed by atoms with Crippen molar-refractivity contribution in [3.63, 3.8) is 0 Å². The van der Waals surface area contributed by atoms with E-state index in [9.17, 15) is 4.79 Å². The number of carbonyl (C=O) groups excluding carboxylic acids is 1. The quantitative estimate of drug-likeness (QED) is 0.703. The van der Waals surface area contributed by atoms with Crippen LogP contribution < -0.4 is 0 Å². The molecule has 0 bridgehead atoms. The molecule has 0 radical (unpaired) electrons. The zero-order valence-corrected chi connectivity index (χ0v) is 10.2. The Hall–Kier alpha value is -1.46. The van der Waals surface area contributed by atoms with Crippen LogP contribution >= 0.6 is 0 Å². The molecular weight excluding hydrogens is 206 g/mol. The Morgan fingerprint density at radius 2 is 1.94 bits per heavy atom. The van der Waals surface area contributed by atoms with Gasteiger partial charge < -0.3 is 4.90 Å². The fraction of sp³-hybridized carbons (Fsp3) is 0.800. The number of tetrazole rings is 1. The third-order valence-corrected chi connectivity index (χ3v) is 2.36. The number of carbonyl (C=O) groups is 1. The van der Waals surface area contributed by atoms with E-state index < -0.39 is 0 Å². The highest BCUT2D eigenvalue weighted by atomic mass is 16.2. The summed E-state index contributed by atoms with van der Waals surface area (Å²) in [5.74, 6) is 0.712. The van der Waals surface area contributed by atoms with E-state index in [1.807, 2.05) is 4.90 Å². The molecule has 0 atom stereocenters. The lowest BCUT2D eigenvalue weighted by atomic mass is 10.3. The van der Waals surface area contributed by atoms with E-state index in [4.69, 9.17) is 0 Å². The zero-order valence-electron chi connectivity index (χ0n) is 10.2. The minimum Gasteiger partial charge on any atom is -0.342 e. The Kier molecular flexibility index (Phi) is 4.88. The highest BCUT2D eigenvalue weighted by molar-refractivity contribution is 5.77. The van der Waals surface area contributed by atoms with Gasteiger partial charge in [0.1, 0.15) is 0 Å². The fourth-order valence-electron chi connectivity index (χ4n) is 1.55. The first kappa shape index (κ1) is 12.6. The molecule has 6 nitrogen and oxygen atoms in total. The highest BCUT2D eigenvalue weighted by Crippen LogP contribution is 2.00. The van der Waals surface area contributed by atoms with Crippen molar-refractivity contribution in [2.45, 2.75) is 33.1 Å². The SMILES string of the molecule is CCCN(CCC)C(=O)Cc1nnnn1C. The third-order valence-electron chi connectivity index (χ3n) is 2.36. The van der Waals surface area contributed by atoms with Crippen LogP contribution in [-0.2, 0) is 18.3 Å². The predicted octanol–water partition coefficient (Wildman–Crippen LogP) is 0.401. The average Bonchev–Trinajstić information content (AvgIpc) is 2.64. The summed E-state index contributed by atoms with van der Waals surface area (Å²) in [7, 11) is 1.74. The molecule has 0 saturated carbocycles. The van der Waals surface area contributed by atoms with E-state index in [1.54, 1.807) is 7.05 Å². The minimum absolute atomic E-state index is 0.0987. The first-order valence-electron chi connectivity index (χ1n) is 5.68. The maximum Gasteiger partial charge on any atom is 0.230 e. The zero-order chi connectivity index (χ0) is 12.0. The largest absolute Gasteiger partial charge is 0.342 e. The van der Waals surface area contributed by atoms with Crippen LogP contribution in [0, 0.1) is 0 Å². The molecule has 1 heterocycles. The van der Waals surface area contributed by atoms with Gasteiger partial charge in [-0.15, -0.1) is 5.10 Å². The van der Waals surface area contributed by atoms with Crippen molar-refractivity contribution in [3.8, 4) is 0 Å². The summed E-state index contributed by atoms with van der Waals surface area (Å²) < 4.78 is 1.54. The number of amides is 1. The smallest absolute Gasteiger partial charge is 0.230 e. The van der Waals surface area contributed by atoms with Gasteiger partial charge in [0.15, 0.2) is 5.82 Å². The summed E-state index contributed by atoms with van der Waals surface area (Å²) in [5.41, 5.74) is 0. The Bertz CT molecular complexity index is 330. The molecule has 0 aromatic carbocycles. The van der Waals surface area contributed by atoms with E-state index in [2.05, 4.69) is 29.4 Å². The summed E-state index contributed by atoms with van der Waals surface area (Å²) in [6, 6.07) is 0. The Balaban J connectivity index is 2.58. The first-order chi connectivity index (χ1) is 7.69. The molecule has 0 aliphatic carbocycles. The van der Waals surface area contributed by atoms with Gasteiger partial charge in [0.2, 0.25) is 5.91 Å². The Labute approximate surface area is 95.6 Å². The monoisotopic (exact) mass is 225 g/mol. The van der Waals surface area contributed by atoms with Gasteiger partial charge in [-0.25, -0.2) is 4.68 Å². The molecule has 16 heavy (non-hydrogen) atoms. The fourth-order valence-corrected chi connectivity index (χ4v) is 1.55. The van der Waals surface area contributed by atoms with Gasteiger partial charge in [-0.05, 0) is 23.3 Å². The summed E-state index contributed by atoms with van der Waals surface area (Å²) >= 11 is 0. The molecule has 1 rings (SSSR count). The Morgan fingerprint density at radius 3 is 2.38 bits per heavy atom. The van der Waals surface area contributed by atoms with Gasteiger partial charge in [0.05, 0.1) is 6.42 Å². The number of aromatic nitrogens is 4. The van der Waals surface area contributed by atoms with Crippen LogP contribution in [0.25, 0.3) is 0 Å². The number of rotatable bonds is 6. The third kappa shape index (κ3) is 3.29. The molecule has 1 amide bonds. The maximum atomic E-state index is 12.0. The molecule has 0 fully saturated rings. The van der Waals surface area contributed by atoms with Crippen molar-refractivity contribution in [2.75, 3.05) is 13.1 Å². The molecule has 0 aliphatic rings. The van der Waals surface area contributed by atoms with Crippen molar-refractivity contribution >= 4 is 5.91 Å². The Morgan fingerprint density at radius 1 is 1.31 bits per heavy atom. The van der Waals surface area contributed by atoms with E-state index in [1.165, 1.54) is 4.68 Å². The van der Waals surface area contributed by atoms with Crippen LogP contribution in [0.5, 0.6) is 0 Å². The van der Waals surface area contributed by atoms with Crippen LogP contribution in [0.3, 0.4) is 0 Å². The summed E-state index contributed by atoms with van der Waals surface area (Å²) in [6.45, 7) is 5.75. The number of hydrogen-bond acceptors (Lipinski definition) is 4. The molecule has 1 aromatic rings. The second kappa shape index (κ2) is 6.19. The molecule has 0 N–H and O–H groups in total. The molecule has 0 saturated heterocycles. The molecule has 0 spiro atoms. The van der Waals surface area contributed by atoms with Gasteiger partial charge in [-0.3, -0.25) is 4.79 Å². The molecule has 0 unspecified atom stereocenters. The van der Waals surface area contributed by atoms with Gasteiger partial charge in [0.25, 0.3) is 0 Å². The second-order valence-electron chi connectivity index (χ2n) is 3.78. The van der Waals surface area contributed by atoms with E-state index >= 15 is 0 Å². The molecule has 6 heteroatoms. The lowest BCUT2D eigenvalue weighted by Gasteiger charge is -2.20. The highest BCUT2D eigenvalue weighted by Gasteiger charge is 2.15. The van der Waals surface area contributed by atoms with Gasteiger partial charge in [-0.2, -0.15) is 0 Å². The molecule has 90 valence electrons. The standard InChI is InChI=1S/C10H19N5O/c1-4-6-15(7-5-2)10(16)8-9-11-12-13-14(9)3/h4-8H2,1-3H3. The van der Waals surface area contributed by atoms with Crippen molar-refractivity contribution < 1.29 is 4.79 Å². The topological polar surface area (TPSA) is 63.9 Å². The molecule has 1 aromatic heterocycles. The summed E-state index contributed by atoms with van der Waals surface area (Å²) in [5, 5.41) is 11.0. The van der Waals surface area contributed by atoms with E-state index in [0.29, 0.717) is 5.82 Å². The maximum absolute atomic E-state index is 12.0. The lowest BCUT2D eigenvalue weighted by Crippen LogP contribution is -2.34. The second-order valence-corrected chi connectivity index (χ2v) is 3.78. The number of nitrogens with zero attached hydrogens (tertiary/aromatic N) is 5. The lowest BCUT2D eigenvalue weighted by molar-refractivity contribution is -0.130. The predicted molar refractivity (Wildman–Crippen MR) is 59.7 cm³/mol. The van der Waals surface area contributed by atoms with E-state index in [-0.39, 0.29) is 12.3 Å². The number of aryl methyl sites for hydroxylation is 1.